The van der Waals surface area contributed by atoms with E-state index in [1.54, 1.807) is 19.1 Å². The molecule has 3 fully saturated rings. The van der Waals surface area contributed by atoms with Crippen LogP contribution in [0.3, 0.4) is 0 Å². The van der Waals surface area contributed by atoms with Crippen molar-refractivity contribution >= 4 is 38.8 Å². The van der Waals surface area contributed by atoms with Crippen molar-refractivity contribution < 1.29 is 32.3 Å². The van der Waals surface area contributed by atoms with Crippen molar-refractivity contribution in [2.75, 3.05) is 27.2 Å². The van der Waals surface area contributed by atoms with Gasteiger partial charge in [0.25, 0.3) is 5.91 Å². The second-order valence-corrected chi connectivity index (χ2v) is 14.1. The summed E-state index contributed by atoms with van der Waals surface area (Å²) < 4.78 is 39.2. The lowest BCUT2D eigenvalue weighted by molar-refractivity contribution is -0.131. The molecular formula is C30H38N6O7S. The summed E-state index contributed by atoms with van der Waals surface area (Å²) in [4.78, 5) is 52.8. The van der Waals surface area contributed by atoms with Crippen molar-refractivity contribution in [1.82, 2.24) is 29.8 Å². The normalized spacial score (nSPS) is 28.4. The predicted molar refractivity (Wildman–Crippen MR) is 160 cm³/mol. The number of nitrogens with zero attached hydrogens (tertiary/aromatic N) is 4. The van der Waals surface area contributed by atoms with Gasteiger partial charge in [-0.2, -0.15) is 0 Å². The third-order valence-electron chi connectivity index (χ3n) is 9.06. The molecule has 1 aromatic carbocycles. The molecule has 4 aliphatic rings. The van der Waals surface area contributed by atoms with Gasteiger partial charge in [0.05, 0.1) is 29.8 Å². The van der Waals surface area contributed by atoms with E-state index in [9.17, 15) is 22.8 Å². The Morgan fingerprint density at radius 1 is 1.18 bits per heavy atom. The molecule has 1 saturated heterocycles. The van der Waals surface area contributed by atoms with Crippen LogP contribution in [0.2, 0.25) is 0 Å². The number of sulfonamides is 1. The fraction of sp³-hybridized carbons (Fsp3) is 0.567. The number of allylic oxidation sites excluding steroid dienone is 1. The van der Waals surface area contributed by atoms with Gasteiger partial charge >= 0.3 is 6.03 Å². The minimum Gasteiger partial charge on any atom is -0.496 e. The Bertz CT molecular complexity index is 1630. The van der Waals surface area contributed by atoms with Crippen LogP contribution in [-0.4, -0.2) is 96.2 Å². The van der Waals surface area contributed by atoms with Crippen molar-refractivity contribution in [1.29, 1.82) is 0 Å². The number of ether oxygens (including phenoxy) is 2. The molecule has 2 saturated carbocycles. The number of carbonyl (C=O) groups is 3. The first-order chi connectivity index (χ1) is 21.0. The van der Waals surface area contributed by atoms with Crippen molar-refractivity contribution in [3.05, 3.63) is 36.2 Å². The second-order valence-electron chi connectivity index (χ2n) is 12.2. The van der Waals surface area contributed by atoms with Gasteiger partial charge < -0.3 is 24.6 Å². The Balaban J connectivity index is 1.27. The van der Waals surface area contributed by atoms with E-state index in [2.05, 4.69) is 20.0 Å². The monoisotopic (exact) mass is 626 g/mol. The molecule has 1 aromatic heterocycles. The van der Waals surface area contributed by atoms with Crippen LogP contribution in [0, 0.1) is 12.8 Å². The van der Waals surface area contributed by atoms with E-state index in [0.717, 1.165) is 24.8 Å². The third-order valence-corrected chi connectivity index (χ3v) is 10.9. The van der Waals surface area contributed by atoms with E-state index in [1.807, 2.05) is 31.2 Å². The summed E-state index contributed by atoms with van der Waals surface area (Å²) in [5.74, 6) is -0.611. The topological polar surface area (TPSA) is 160 Å². The lowest BCUT2D eigenvalue weighted by Gasteiger charge is -2.30. The predicted octanol–water partition coefficient (Wildman–Crippen LogP) is 2.04. The Morgan fingerprint density at radius 3 is 2.73 bits per heavy atom. The van der Waals surface area contributed by atoms with Crippen LogP contribution in [0.15, 0.2) is 30.6 Å². The number of methoxy groups -OCH3 is 1. The largest absolute Gasteiger partial charge is 0.496 e. The van der Waals surface area contributed by atoms with E-state index >= 15 is 0 Å². The van der Waals surface area contributed by atoms with Crippen molar-refractivity contribution in [3.8, 4) is 11.6 Å². The zero-order valence-electron chi connectivity index (χ0n) is 25.1. The van der Waals surface area contributed by atoms with Gasteiger partial charge in [0.15, 0.2) is 0 Å². The highest BCUT2D eigenvalue weighted by Gasteiger charge is 2.62. The summed E-state index contributed by atoms with van der Waals surface area (Å²) in [7, 11) is -0.523. The Hall–Kier alpha value is -3.94. The van der Waals surface area contributed by atoms with E-state index in [-0.39, 0.29) is 31.3 Å². The Kier molecular flexibility index (Phi) is 7.89. The summed E-state index contributed by atoms with van der Waals surface area (Å²) in [6.07, 6.45) is 8.47. The minimum atomic E-state index is -3.81. The van der Waals surface area contributed by atoms with E-state index < -0.39 is 44.8 Å². The van der Waals surface area contributed by atoms with Gasteiger partial charge in [0.2, 0.25) is 21.8 Å². The molecule has 13 nitrogen and oxygen atoms in total. The van der Waals surface area contributed by atoms with Crippen LogP contribution in [0.5, 0.6) is 11.6 Å². The molecule has 0 spiro atoms. The van der Waals surface area contributed by atoms with Crippen molar-refractivity contribution in [2.24, 2.45) is 5.92 Å². The van der Waals surface area contributed by atoms with Crippen LogP contribution in [0.25, 0.3) is 10.9 Å². The van der Waals surface area contributed by atoms with Gasteiger partial charge in [-0.25, -0.2) is 23.2 Å². The maximum absolute atomic E-state index is 13.9. The van der Waals surface area contributed by atoms with E-state index in [0.29, 0.717) is 41.9 Å². The van der Waals surface area contributed by atoms with Crippen LogP contribution < -0.4 is 19.5 Å². The summed E-state index contributed by atoms with van der Waals surface area (Å²) >= 11 is 0. The summed E-state index contributed by atoms with van der Waals surface area (Å²) in [6.45, 7) is 2.54. The second kappa shape index (κ2) is 11.5. The number of aromatic nitrogens is 2. The number of nitrogens with one attached hydrogen (secondary N) is 2. The van der Waals surface area contributed by atoms with Gasteiger partial charge in [-0.15, -0.1) is 0 Å². The molecular weight excluding hydrogens is 588 g/mol. The number of amides is 4. The van der Waals surface area contributed by atoms with Gasteiger partial charge in [-0.1, -0.05) is 12.2 Å². The van der Waals surface area contributed by atoms with Crippen molar-refractivity contribution in [3.63, 3.8) is 0 Å². The Morgan fingerprint density at radius 2 is 1.98 bits per heavy atom. The molecule has 0 bridgehead atoms. The number of rotatable bonds is 6. The Labute approximate surface area is 256 Å². The summed E-state index contributed by atoms with van der Waals surface area (Å²) in [6, 6.07) is 2.36. The quantitative estimate of drug-likeness (QED) is 0.458. The van der Waals surface area contributed by atoms with Gasteiger partial charge in [0, 0.05) is 31.5 Å². The SMILES string of the molecule is COc1ccc2c(OC3CC4C(=O)NC5(C(=O)NS(=O)(=O)C6CC6)CC5/C=C\CCCCN(C)C(=O)N4C3)ncnc2c1C. The molecule has 2 N–H and O–H groups in total. The zero-order chi connectivity index (χ0) is 31.2. The highest BCUT2D eigenvalue weighted by atomic mass is 32.2. The third kappa shape index (κ3) is 5.66. The lowest BCUT2D eigenvalue weighted by Crippen LogP contribution is -2.57. The first-order valence-corrected chi connectivity index (χ1v) is 16.6. The first kappa shape index (κ1) is 30.1. The number of urea groups is 1. The van der Waals surface area contributed by atoms with Crippen molar-refractivity contribution in [2.45, 2.75) is 74.8 Å². The van der Waals surface area contributed by atoms with Gasteiger partial charge in [-0.05, 0) is 57.6 Å². The minimum absolute atomic E-state index is 0.125. The maximum atomic E-state index is 13.9. The molecule has 2 aliphatic heterocycles. The molecule has 4 unspecified atom stereocenters. The molecule has 14 heteroatoms. The van der Waals surface area contributed by atoms with E-state index in [4.69, 9.17) is 9.47 Å². The molecule has 0 radical (unpaired) electrons. The molecule has 4 amide bonds. The average molecular weight is 627 g/mol. The molecule has 44 heavy (non-hydrogen) atoms. The highest BCUT2D eigenvalue weighted by molar-refractivity contribution is 7.91. The molecule has 236 valence electrons. The number of hydrogen-bond donors (Lipinski definition) is 2. The van der Waals surface area contributed by atoms with Crippen LogP contribution >= 0.6 is 0 Å². The lowest BCUT2D eigenvalue weighted by atomic mass is 10.1. The number of aryl methyl sites for hydroxylation is 1. The summed E-state index contributed by atoms with van der Waals surface area (Å²) in [5.41, 5.74) is 0.0948. The van der Waals surface area contributed by atoms with Crippen LogP contribution in [0.1, 0.15) is 50.5 Å². The number of hydrogen-bond acceptors (Lipinski definition) is 9. The number of benzene rings is 1. The molecule has 4 atom stereocenters. The van der Waals surface area contributed by atoms with Gasteiger partial charge in [-0.3, -0.25) is 14.3 Å². The summed E-state index contributed by atoms with van der Waals surface area (Å²) in [5, 5.41) is 2.96. The number of fused-ring (bicyclic) bond motifs is 3. The van der Waals surface area contributed by atoms with Gasteiger partial charge in [0.1, 0.15) is 29.8 Å². The van der Waals surface area contributed by atoms with Crippen LogP contribution in [-0.2, 0) is 19.6 Å². The molecule has 2 aromatic rings. The smallest absolute Gasteiger partial charge is 0.320 e. The average Bonchev–Trinajstić information content (AvgIpc) is 3.92. The highest BCUT2D eigenvalue weighted by Crippen LogP contribution is 2.46. The first-order valence-electron chi connectivity index (χ1n) is 15.1. The molecule has 6 rings (SSSR count). The van der Waals surface area contributed by atoms with E-state index in [1.165, 1.54) is 11.2 Å². The zero-order valence-corrected chi connectivity index (χ0v) is 25.9. The fourth-order valence-corrected chi connectivity index (χ4v) is 7.56. The standard InChI is InChI=1S/C30H38N6O7S/c1-18-24(42-3)12-11-22-25(18)31-17-32-27(22)43-20-14-23-26(37)33-30(28(38)34-44(40,41)21-9-10-21)15-19(30)8-6-4-5-7-13-35(2)29(39)36(23)16-20/h6,8,11-12,17,19-21,23H,4-5,7,9-10,13-16H2,1-3H3,(H,33,37)(H,34,38)/b8-6-. The maximum Gasteiger partial charge on any atom is 0.320 e. The fourth-order valence-electron chi connectivity index (χ4n) is 6.20. The number of carbonyl (C=O) groups excluding carboxylic acids is 3. The van der Waals surface area contributed by atoms with Crippen LogP contribution in [0.4, 0.5) is 4.79 Å². The molecule has 3 heterocycles. The molecule has 2 aliphatic carbocycles.